The van der Waals surface area contributed by atoms with Crippen LogP contribution in [-0.2, 0) is 14.3 Å². The molecule has 30 heavy (non-hydrogen) atoms. The highest BCUT2D eigenvalue weighted by Gasteiger charge is 2.53. The van der Waals surface area contributed by atoms with Crippen molar-refractivity contribution in [2.45, 2.75) is 45.1 Å². The van der Waals surface area contributed by atoms with E-state index in [1.54, 1.807) is 31.2 Å². The van der Waals surface area contributed by atoms with Crippen LogP contribution in [0, 0.1) is 23.7 Å². The second-order valence-corrected chi connectivity index (χ2v) is 10.5. The molecule has 7 heteroatoms. The van der Waals surface area contributed by atoms with Crippen molar-refractivity contribution in [3.05, 3.63) is 34.6 Å². The van der Waals surface area contributed by atoms with Crippen LogP contribution in [0.1, 0.15) is 50.5 Å². The molecule has 0 aromatic carbocycles. The summed E-state index contributed by atoms with van der Waals surface area (Å²) in [5, 5.41) is 0. The lowest BCUT2D eigenvalue weighted by Gasteiger charge is -2.56. The molecule has 1 saturated heterocycles. The van der Waals surface area contributed by atoms with E-state index in [0.29, 0.717) is 39.2 Å². The maximum absolute atomic E-state index is 13.3. The van der Waals surface area contributed by atoms with Crippen molar-refractivity contribution in [3.8, 4) is 0 Å². The SMILES string of the molecule is CCOC(=O)/C=C/c1ccc(/C=C2\SC(=S)N(C3C4CC5CC(C4)CC3C5)C2=O)o1. The Labute approximate surface area is 185 Å². The highest BCUT2D eigenvalue weighted by Crippen LogP contribution is 2.56. The zero-order valence-corrected chi connectivity index (χ0v) is 18.5. The van der Waals surface area contributed by atoms with Crippen molar-refractivity contribution < 1.29 is 18.7 Å². The van der Waals surface area contributed by atoms with E-state index in [1.807, 2.05) is 4.90 Å². The Balaban J connectivity index is 1.31. The normalized spacial score (nSPS) is 34.0. The third-order valence-corrected chi connectivity index (χ3v) is 8.22. The molecule has 1 amide bonds. The molecular formula is C23H25NO4S2. The molecular weight excluding hydrogens is 418 g/mol. The minimum absolute atomic E-state index is 0.0162. The summed E-state index contributed by atoms with van der Waals surface area (Å²) in [7, 11) is 0. The first-order valence-corrected chi connectivity index (χ1v) is 12.0. The minimum Gasteiger partial charge on any atom is -0.463 e. The summed E-state index contributed by atoms with van der Waals surface area (Å²) in [4.78, 5) is 27.2. The lowest BCUT2D eigenvalue weighted by Crippen LogP contribution is -2.57. The van der Waals surface area contributed by atoms with Gasteiger partial charge in [-0.3, -0.25) is 9.69 Å². The zero-order valence-electron chi connectivity index (χ0n) is 16.9. The van der Waals surface area contributed by atoms with Gasteiger partial charge in [0.1, 0.15) is 15.8 Å². The summed E-state index contributed by atoms with van der Waals surface area (Å²) >= 11 is 7.02. The van der Waals surface area contributed by atoms with Crippen molar-refractivity contribution in [1.29, 1.82) is 0 Å². The van der Waals surface area contributed by atoms with Crippen molar-refractivity contribution in [3.63, 3.8) is 0 Å². The fourth-order valence-electron chi connectivity index (χ4n) is 6.06. The Hall–Kier alpha value is -1.86. The maximum Gasteiger partial charge on any atom is 0.330 e. The number of hydrogen-bond donors (Lipinski definition) is 0. The van der Waals surface area contributed by atoms with Gasteiger partial charge in [0.25, 0.3) is 5.91 Å². The number of esters is 1. The molecule has 4 bridgehead atoms. The van der Waals surface area contributed by atoms with Crippen LogP contribution < -0.4 is 0 Å². The average molecular weight is 444 g/mol. The Morgan fingerprint density at radius 1 is 1.20 bits per heavy atom. The number of amides is 1. The second-order valence-electron chi connectivity index (χ2n) is 8.80. The lowest BCUT2D eigenvalue weighted by atomic mass is 9.54. The molecule has 0 spiro atoms. The van der Waals surface area contributed by atoms with Gasteiger partial charge in [-0.15, -0.1) is 0 Å². The molecule has 0 N–H and O–H groups in total. The van der Waals surface area contributed by atoms with Crippen LogP contribution in [0.25, 0.3) is 12.2 Å². The van der Waals surface area contributed by atoms with E-state index in [2.05, 4.69) is 0 Å². The van der Waals surface area contributed by atoms with E-state index >= 15 is 0 Å². The Bertz CT molecular complexity index is 919. The first-order chi connectivity index (χ1) is 14.5. The molecule has 6 rings (SSSR count). The molecule has 1 aromatic rings. The van der Waals surface area contributed by atoms with Crippen molar-refractivity contribution >= 4 is 52.3 Å². The molecule has 5 aliphatic rings. The number of nitrogens with zero attached hydrogens (tertiary/aromatic N) is 1. The largest absolute Gasteiger partial charge is 0.463 e. The van der Waals surface area contributed by atoms with Crippen LogP contribution in [0.5, 0.6) is 0 Å². The van der Waals surface area contributed by atoms with E-state index in [1.165, 1.54) is 49.9 Å². The number of thioether (sulfide) groups is 1. The Morgan fingerprint density at radius 3 is 2.53 bits per heavy atom. The van der Waals surface area contributed by atoms with Gasteiger partial charge in [0.15, 0.2) is 0 Å². The van der Waals surface area contributed by atoms with E-state index in [4.69, 9.17) is 21.4 Å². The van der Waals surface area contributed by atoms with Gasteiger partial charge in [-0.1, -0.05) is 24.0 Å². The molecule has 0 radical (unpaired) electrons. The number of ether oxygens (including phenoxy) is 1. The smallest absolute Gasteiger partial charge is 0.330 e. The number of rotatable bonds is 5. The second kappa shape index (κ2) is 8.00. The van der Waals surface area contributed by atoms with Crippen LogP contribution in [-0.4, -0.2) is 33.7 Å². The summed E-state index contributed by atoms with van der Waals surface area (Å²) in [5.74, 6) is 3.64. The molecule has 0 unspecified atom stereocenters. The van der Waals surface area contributed by atoms with Crippen LogP contribution in [0.3, 0.4) is 0 Å². The number of furan rings is 1. The van der Waals surface area contributed by atoms with Gasteiger partial charge in [0, 0.05) is 18.2 Å². The quantitative estimate of drug-likeness (QED) is 0.367. The molecule has 4 saturated carbocycles. The molecule has 0 atom stereocenters. The fourth-order valence-corrected chi connectivity index (χ4v) is 7.39. The third kappa shape index (κ3) is 3.66. The van der Waals surface area contributed by atoms with Crippen LogP contribution in [0.2, 0.25) is 0 Å². The average Bonchev–Trinajstić information content (AvgIpc) is 3.25. The lowest BCUT2D eigenvalue weighted by molar-refractivity contribution is -0.137. The third-order valence-electron chi connectivity index (χ3n) is 6.89. The first kappa shape index (κ1) is 20.1. The Kier molecular flexibility index (Phi) is 5.35. The van der Waals surface area contributed by atoms with E-state index in [-0.39, 0.29) is 11.9 Å². The Morgan fingerprint density at radius 2 is 1.87 bits per heavy atom. The van der Waals surface area contributed by atoms with Crippen LogP contribution >= 0.6 is 24.0 Å². The summed E-state index contributed by atoms with van der Waals surface area (Å²) in [6.07, 6.45) is 11.1. The molecule has 1 aromatic heterocycles. The van der Waals surface area contributed by atoms with Gasteiger partial charge in [-0.2, -0.15) is 0 Å². The van der Waals surface area contributed by atoms with Crippen molar-refractivity contribution in [2.75, 3.05) is 6.61 Å². The number of thiocarbonyl (C=S) groups is 1. The van der Waals surface area contributed by atoms with Gasteiger partial charge >= 0.3 is 5.97 Å². The summed E-state index contributed by atoms with van der Waals surface area (Å²) in [6, 6.07) is 3.83. The van der Waals surface area contributed by atoms with Gasteiger partial charge < -0.3 is 9.15 Å². The predicted octanol–water partition coefficient (Wildman–Crippen LogP) is 4.88. The standard InChI is InChI=1S/C23H25NO4S2/c1-2-27-20(25)6-5-17-3-4-18(28-17)12-19-22(26)24(23(29)30-19)21-15-8-13-7-14(10-15)11-16(21)9-13/h3-6,12-16,21H,2,7-11H2,1H3/b6-5+,19-12-. The highest BCUT2D eigenvalue weighted by molar-refractivity contribution is 8.26. The zero-order chi connectivity index (χ0) is 20.8. The molecule has 5 nitrogen and oxygen atoms in total. The summed E-state index contributed by atoms with van der Waals surface area (Å²) in [5.41, 5.74) is 0. The van der Waals surface area contributed by atoms with Gasteiger partial charge in [0.05, 0.1) is 11.5 Å². The number of hydrogen-bond acceptors (Lipinski definition) is 6. The molecule has 2 heterocycles. The topological polar surface area (TPSA) is 59.8 Å². The minimum atomic E-state index is -0.410. The predicted molar refractivity (Wildman–Crippen MR) is 120 cm³/mol. The maximum atomic E-state index is 13.3. The highest BCUT2D eigenvalue weighted by atomic mass is 32.2. The fraction of sp³-hybridized carbons (Fsp3) is 0.522. The van der Waals surface area contributed by atoms with Crippen LogP contribution in [0.15, 0.2) is 27.5 Å². The summed E-state index contributed by atoms with van der Waals surface area (Å²) < 4.78 is 11.3. The van der Waals surface area contributed by atoms with Crippen LogP contribution in [0.4, 0.5) is 0 Å². The molecule has 5 fully saturated rings. The van der Waals surface area contributed by atoms with Gasteiger partial charge in [-0.05, 0) is 80.9 Å². The first-order valence-electron chi connectivity index (χ1n) is 10.7. The molecule has 1 aliphatic heterocycles. The van der Waals surface area contributed by atoms with Crippen molar-refractivity contribution in [2.24, 2.45) is 23.7 Å². The molecule has 158 valence electrons. The summed E-state index contributed by atoms with van der Waals surface area (Å²) in [6.45, 7) is 2.09. The molecule has 4 aliphatic carbocycles. The monoisotopic (exact) mass is 443 g/mol. The van der Waals surface area contributed by atoms with E-state index < -0.39 is 5.97 Å². The van der Waals surface area contributed by atoms with Crippen molar-refractivity contribution in [1.82, 2.24) is 4.90 Å². The van der Waals surface area contributed by atoms with Gasteiger partial charge in [-0.25, -0.2) is 4.79 Å². The van der Waals surface area contributed by atoms with Gasteiger partial charge in [0.2, 0.25) is 0 Å². The number of carbonyl (C=O) groups is 2. The number of carbonyl (C=O) groups excluding carboxylic acids is 2. The van der Waals surface area contributed by atoms with E-state index in [9.17, 15) is 9.59 Å². The van der Waals surface area contributed by atoms with E-state index in [0.717, 1.165) is 11.8 Å².